The van der Waals surface area contributed by atoms with Gasteiger partial charge in [0, 0.05) is 0 Å². The SMILES string of the molecule is COc1cccc(C2OCC(CO[C@@H]3C[C@H](C)CC[C@H]3C(C)C)O2)c1O. The molecule has 0 spiro atoms. The van der Waals surface area contributed by atoms with Gasteiger partial charge in [-0.05, 0) is 42.7 Å². The third-order valence-corrected chi connectivity index (χ3v) is 5.71. The minimum atomic E-state index is -0.579. The molecule has 0 radical (unpaired) electrons. The number of phenols is 1. The van der Waals surface area contributed by atoms with E-state index in [1.165, 1.54) is 20.0 Å². The predicted octanol–water partition coefficient (Wildman–Crippen LogP) is 4.29. The molecule has 1 heterocycles. The van der Waals surface area contributed by atoms with Crippen LogP contribution in [0.4, 0.5) is 0 Å². The van der Waals surface area contributed by atoms with Gasteiger partial charge in [0.05, 0.1) is 32.0 Å². The summed E-state index contributed by atoms with van der Waals surface area (Å²) in [5.41, 5.74) is 0.596. The van der Waals surface area contributed by atoms with Crippen molar-refractivity contribution in [3.05, 3.63) is 23.8 Å². The molecule has 2 fully saturated rings. The van der Waals surface area contributed by atoms with Crippen LogP contribution in [0.3, 0.4) is 0 Å². The van der Waals surface area contributed by atoms with Crippen LogP contribution in [0.1, 0.15) is 51.9 Å². The molecule has 0 aromatic heterocycles. The molecule has 5 atom stereocenters. The molecular formula is C21H32O5. The highest BCUT2D eigenvalue weighted by Gasteiger charge is 2.34. The van der Waals surface area contributed by atoms with Crippen molar-refractivity contribution in [1.82, 2.24) is 0 Å². The Morgan fingerprint density at radius 3 is 2.81 bits per heavy atom. The summed E-state index contributed by atoms with van der Waals surface area (Å²) in [5.74, 6) is 2.46. The lowest BCUT2D eigenvalue weighted by molar-refractivity contribution is -0.0998. The average molecular weight is 364 g/mol. The van der Waals surface area contributed by atoms with Crippen molar-refractivity contribution < 1.29 is 24.1 Å². The molecular weight excluding hydrogens is 332 g/mol. The van der Waals surface area contributed by atoms with Crippen molar-refractivity contribution in [1.29, 1.82) is 0 Å². The maximum atomic E-state index is 10.3. The molecule has 2 aliphatic rings. The maximum absolute atomic E-state index is 10.3. The second-order valence-corrected chi connectivity index (χ2v) is 8.02. The molecule has 1 aromatic rings. The van der Waals surface area contributed by atoms with Crippen LogP contribution in [0.25, 0.3) is 0 Å². The van der Waals surface area contributed by atoms with Crippen LogP contribution in [-0.4, -0.2) is 37.6 Å². The van der Waals surface area contributed by atoms with Gasteiger partial charge < -0.3 is 24.1 Å². The zero-order valence-electron chi connectivity index (χ0n) is 16.3. The highest BCUT2D eigenvalue weighted by Crippen LogP contribution is 2.39. The molecule has 2 unspecified atom stereocenters. The first-order valence-corrected chi connectivity index (χ1v) is 9.74. The summed E-state index contributed by atoms with van der Waals surface area (Å²) in [5, 5.41) is 10.3. The Balaban J connectivity index is 1.56. The van der Waals surface area contributed by atoms with Crippen LogP contribution in [0.15, 0.2) is 18.2 Å². The molecule has 1 aliphatic heterocycles. The Hall–Kier alpha value is -1.30. The van der Waals surface area contributed by atoms with E-state index in [1.54, 1.807) is 12.1 Å². The van der Waals surface area contributed by atoms with Gasteiger partial charge in [0.2, 0.25) is 0 Å². The van der Waals surface area contributed by atoms with Crippen LogP contribution < -0.4 is 4.74 Å². The van der Waals surface area contributed by atoms with E-state index in [2.05, 4.69) is 20.8 Å². The van der Waals surface area contributed by atoms with Gasteiger partial charge in [-0.25, -0.2) is 0 Å². The number of rotatable bonds is 6. The van der Waals surface area contributed by atoms with E-state index in [9.17, 15) is 5.11 Å². The monoisotopic (exact) mass is 364 g/mol. The largest absolute Gasteiger partial charge is 0.504 e. The number of ether oxygens (including phenoxy) is 4. The van der Waals surface area contributed by atoms with E-state index in [0.717, 1.165) is 12.3 Å². The van der Waals surface area contributed by atoms with Gasteiger partial charge in [0.1, 0.15) is 6.10 Å². The van der Waals surface area contributed by atoms with Crippen molar-refractivity contribution in [2.75, 3.05) is 20.3 Å². The van der Waals surface area contributed by atoms with Crippen molar-refractivity contribution in [2.45, 2.75) is 58.5 Å². The summed E-state index contributed by atoms with van der Waals surface area (Å²) >= 11 is 0. The molecule has 5 nitrogen and oxygen atoms in total. The van der Waals surface area contributed by atoms with Gasteiger partial charge in [-0.15, -0.1) is 0 Å². The van der Waals surface area contributed by atoms with E-state index < -0.39 is 6.29 Å². The van der Waals surface area contributed by atoms with Gasteiger partial charge in [0.15, 0.2) is 17.8 Å². The quantitative estimate of drug-likeness (QED) is 0.816. The number of hydrogen-bond acceptors (Lipinski definition) is 5. The second kappa shape index (κ2) is 8.59. The molecule has 26 heavy (non-hydrogen) atoms. The normalized spacial score (nSPS) is 32.1. The first-order chi connectivity index (χ1) is 12.5. The van der Waals surface area contributed by atoms with E-state index in [4.69, 9.17) is 18.9 Å². The first kappa shape index (κ1) is 19.5. The Morgan fingerprint density at radius 2 is 2.08 bits per heavy atom. The third kappa shape index (κ3) is 4.33. The topological polar surface area (TPSA) is 57.2 Å². The second-order valence-electron chi connectivity index (χ2n) is 8.02. The molecule has 1 aliphatic carbocycles. The Labute approximate surface area is 156 Å². The summed E-state index contributed by atoms with van der Waals surface area (Å²) in [7, 11) is 1.53. The lowest BCUT2D eigenvalue weighted by Gasteiger charge is -2.37. The van der Waals surface area contributed by atoms with Gasteiger partial charge >= 0.3 is 0 Å². The van der Waals surface area contributed by atoms with Crippen LogP contribution in [-0.2, 0) is 14.2 Å². The van der Waals surface area contributed by atoms with E-state index in [1.807, 2.05) is 6.07 Å². The average Bonchev–Trinajstić information content (AvgIpc) is 3.08. The Kier molecular flexibility index (Phi) is 6.43. The van der Waals surface area contributed by atoms with Crippen molar-refractivity contribution >= 4 is 0 Å². The van der Waals surface area contributed by atoms with Gasteiger partial charge in [-0.1, -0.05) is 33.3 Å². The van der Waals surface area contributed by atoms with Gasteiger partial charge in [0.25, 0.3) is 0 Å². The molecule has 1 aromatic carbocycles. The minimum absolute atomic E-state index is 0.0718. The Morgan fingerprint density at radius 1 is 1.27 bits per heavy atom. The highest BCUT2D eigenvalue weighted by atomic mass is 16.7. The number of hydrogen-bond donors (Lipinski definition) is 1. The molecule has 146 valence electrons. The lowest BCUT2D eigenvalue weighted by Crippen LogP contribution is -2.36. The number of methoxy groups -OCH3 is 1. The number of para-hydroxylation sites is 1. The smallest absolute Gasteiger partial charge is 0.188 e. The van der Waals surface area contributed by atoms with Crippen molar-refractivity contribution in [3.8, 4) is 11.5 Å². The third-order valence-electron chi connectivity index (χ3n) is 5.71. The predicted molar refractivity (Wildman–Crippen MR) is 99.3 cm³/mol. The van der Waals surface area contributed by atoms with E-state index in [-0.39, 0.29) is 11.9 Å². The summed E-state index contributed by atoms with van der Waals surface area (Å²) in [6.45, 7) is 7.88. The molecule has 0 bridgehead atoms. The molecule has 3 rings (SSSR count). The number of benzene rings is 1. The molecule has 0 amide bonds. The fourth-order valence-corrected chi connectivity index (χ4v) is 4.13. The molecule has 5 heteroatoms. The molecule has 1 saturated carbocycles. The maximum Gasteiger partial charge on any atom is 0.188 e. The lowest BCUT2D eigenvalue weighted by atomic mass is 9.75. The first-order valence-electron chi connectivity index (χ1n) is 9.74. The minimum Gasteiger partial charge on any atom is -0.504 e. The standard InChI is InChI=1S/C21H32O5/c1-13(2)16-9-8-14(3)10-19(16)24-11-15-12-25-21(26-15)17-6-5-7-18(23-4)20(17)22/h5-7,13-16,19,21-22H,8-12H2,1-4H3/t14-,15?,16+,19-,21?/m1/s1. The summed E-state index contributed by atoms with van der Waals surface area (Å²) in [6, 6.07) is 5.33. The van der Waals surface area contributed by atoms with Crippen LogP contribution >= 0.6 is 0 Å². The molecule has 1 N–H and O–H groups in total. The fourth-order valence-electron chi connectivity index (χ4n) is 4.13. The summed E-state index contributed by atoms with van der Waals surface area (Å²) < 4.78 is 23.2. The molecule has 1 saturated heterocycles. The Bertz CT molecular complexity index is 588. The summed E-state index contributed by atoms with van der Waals surface area (Å²) in [4.78, 5) is 0. The van der Waals surface area contributed by atoms with Crippen molar-refractivity contribution in [3.63, 3.8) is 0 Å². The van der Waals surface area contributed by atoms with Gasteiger partial charge in [-0.3, -0.25) is 0 Å². The number of aromatic hydroxyl groups is 1. The van der Waals surface area contributed by atoms with E-state index >= 15 is 0 Å². The van der Waals surface area contributed by atoms with E-state index in [0.29, 0.717) is 42.5 Å². The van der Waals surface area contributed by atoms with Crippen LogP contribution in [0.5, 0.6) is 11.5 Å². The summed E-state index contributed by atoms with van der Waals surface area (Å²) in [6.07, 6.45) is 3.26. The van der Waals surface area contributed by atoms with Gasteiger partial charge in [-0.2, -0.15) is 0 Å². The number of phenolic OH excluding ortho intramolecular Hbond substituents is 1. The zero-order valence-corrected chi connectivity index (χ0v) is 16.3. The fraction of sp³-hybridized carbons (Fsp3) is 0.714. The van der Waals surface area contributed by atoms with Crippen LogP contribution in [0.2, 0.25) is 0 Å². The van der Waals surface area contributed by atoms with Crippen molar-refractivity contribution in [2.24, 2.45) is 17.8 Å². The zero-order chi connectivity index (χ0) is 18.7. The van der Waals surface area contributed by atoms with Crippen LogP contribution in [0, 0.1) is 17.8 Å². The highest BCUT2D eigenvalue weighted by molar-refractivity contribution is 5.46.